The molecular formula is C25H37N3OSSi. The summed E-state index contributed by atoms with van der Waals surface area (Å²) in [5.41, 5.74) is 5.95. The lowest BCUT2D eigenvalue weighted by Crippen LogP contribution is -2.42. The Bertz CT molecular complexity index is 920. The molecule has 4 nitrogen and oxygen atoms in total. The summed E-state index contributed by atoms with van der Waals surface area (Å²) >= 11 is 1.67. The van der Waals surface area contributed by atoms with Gasteiger partial charge in [-0.15, -0.1) is 11.3 Å². The second-order valence-corrected chi connectivity index (χ2v) is 15.9. The van der Waals surface area contributed by atoms with E-state index in [1.807, 2.05) is 11.6 Å². The van der Waals surface area contributed by atoms with Crippen LogP contribution in [0.5, 0.6) is 0 Å². The quantitative estimate of drug-likeness (QED) is 0.313. The molecule has 0 amide bonds. The molecule has 31 heavy (non-hydrogen) atoms. The number of aryl methyl sites for hydroxylation is 1. The molecule has 0 aliphatic heterocycles. The molecule has 0 unspecified atom stereocenters. The fourth-order valence-corrected chi connectivity index (χ4v) is 5.97. The van der Waals surface area contributed by atoms with Crippen LogP contribution in [0.25, 0.3) is 10.4 Å². The Kier molecular flexibility index (Phi) is 7.62. The van der Waals surface area contributed by atoms with Crippen molar-refractivity contribution < 1.29 is 4.43 Å². The van der Waals surface area contributed by atoms with Crippen molar-refractivity contribution in [1.29, 1.82) is 5.26 Å². The number of thiazole rings is 1. The smallest absolute Gasteiger partial charge is 0.191 e. The minimum absolute atomic E-state index is 0.229. The van der Waals surface area contributed by atoms with E-state index in [-0.39, 0.29) is 5.04 Å². The third-order valence-electron chi connectivity index (χ3n) is 7.01. The van der Waals surface area contributed by atoms with E-state index >= 15 is 0 Å². The summed E-state index contributed by atoms with van der Waals surface area (Å²) < 4.78 is 6.44. The van der Waals surface area contributed by atoms with Crippen molar-refractivity contribution in [2.75, 3.05) is 18.1 Å². The second kappa shape index (κ2) is 9.85. The van der Waals surface area contributed by atoms with E-state index in [2.05, 4.69) is 68.9 Å². The number of nitrogens with zero attached hydrogens (tertiary/aromatic N) is 3. The van der Waals surface area contributed by atoms with E-state index in [0.29, 0.717) is 6.04 Å². The molecule has 0 atom stereocenters. The van der Waals surface area contributed by atoms with E-state index in [0.717, 1.165) is 42.1 Å². The van der Waals surface area contributed by atoms with Gasteiger partial charge in [0.2, 0.25) is 0 Å². The number of aromatic nitrogens is 1. The van der Waals surface area contributed by atoms with E-state index in [1.165, 1.54) is 30.6 Å². The number of hydrogen-bond donors (Lipinski definition) is 0. The van der Waals surface area contributed by atoms with E-state index in [1.54, 1.807) is 11.3 Å². The average Bonchev–Trinajstić information content (AvgIpc) is 3.38. The summed E-state index contributed by atoms with van der Waals surface area (Å²) in [6.45, 7) is 15.3. The van der Waals surface area contributed by atoms with Gasteiger partial charge in [0.05, 0.1) is 27.3 Å². The Balaban J connectivity index is 1.82. The molecular weight excluding hydrogens is 418 g/mol. The van der Waals surface area contributed by atoms with Crippen molar-refractivity contribution in [3.05, 3.63) is 35.0 Å². The van der Waals surface area contributed by atoms with Gasteiger partial charge in [-0.1, -0.05) is 39.7 Å². The second-order valence-electron chi connectivity index (χ2n) is 10.2. The van der Waals surface area contributed by atoms with Gasteiger partial charge in [0.25, 0.3) is 0 Å². The molecule has 1 aromatic heterocycles. The van der Waals surface area contributed by atoms with E-state index < -0.39 is 8.32 Å². The highest BCUT2D eigenvalue weighted by Gasteiger charge is 2.37. The Labute approximate surface area is 193 Å². The van der Waals surface area contributed by atoms with Crippen LogP contribution in [0.15, 0.2) is 23.7 Å². The highest BCUT2D eigenvalue weighted by Crippen LogP contribution is 2.37. The minimum Gasteiger partial charge on any atom is -0.417 e. The predicted molar refractivity (Wildman–Crippen MR) is 134 cm³/mol. The van der Waals surface area contributed by atoms with Crippen LogP contribution in [0.4, 0.5) is 5.69 Å². The van der Waals surface area contributed by atoms with Crippen LogP contribution < -0.4 is 4.90 Å². The van der Waals surface area contributed by atoms with Gasteiger partial charge >= 0.3 is 0 Å². The fraction of sp³-hybridized carbons (Fsp3) is 0.600. The van der Waals surface area contributed by atoms with Crippen molar-refractivity contribution in [1.82, 2.24) is 4.98 Å². The maximum Gasteiger partial charge on any atom is 0.191 e. The van der Waals surface area contributed by atoms with Crippen LogP contribution in [0.2, 0.25) is 18.1 Å². The van der Waals surface area contributed by atoms with E-state index in [9.17, 15) is 5.26 Å². The molecule has 1 fully saturated rings. The van der Waals surface area contributed by atoms with Gasteiger partial charge in [0.1, 0.15) is 6.07 Å². The molecule has 0 saturated heterocycles. The molecule has 2 aromatic rings. The average molecular weight is 456 g/mol. The lowest BCUT2D eigenvalue weighted by Gasteiger charge is -2.37. The third-order valence-corrected chi connectivity index (χ3v) is 12.5. The highest BCUT2D eigenvalue weighted by molar-refractivity contribution is 7.13. The molecule has 1 saturated carbocycles. The summed E-state index contributed by atoms with van der Waals surface area (Å²) in [6.07, 6.45) is 5.95. The van der Waals surface area contributed by atoms with Gasteiger partial charge in [-0.2, -0.15) is 5.26 Å². The number of hydrogen-bond acceptors (Lipinski definition) is 5. The largest absolute Gasteiger partial charge is 0.417 e. The molecule has 0 spiro atoms. The summed E-state index contributed by atoms with van der Waals surface area (Å²) in [5.74, 6) is 0. The van der Waals surface area contributed by atoms with Crippen molar-refractivity contribution in [2.24, 2.45) is 0 Å². The van der Waals surface area contributed by atoms with E-state index in [4.69, 9.17) is 4.43 Å². The molecule has 0 N–H and O–H groups in total. The lowest BCUT2D eigenvalue weighted by atomic mass is 10.0. The van der Waals surface area contributed by atoms with Gasteiger partial charge in [0, 0.05) is 19.2 Å². The monoisotopic (exact) mass is 455 g/mol. The van der Waals surface area contributed by atoms with Gasteiger partial charge in [-0.05, 0) is 62.0 Å². The molecule has 1 aliphatic carbocycles. The molecule has 168 valence electrons. The zero-order valence-electron chi connectivity index (χ0n) is 20.0. The zero-order valence-corrected chi connectivity index (χ0v) is 21.8. The topological polar surface area (TPSA) is 49.2 Å². The predicted octanol–water partition coefficient (Wildman–Crippen LogP) is 7.15. The SMILES string of the molecule is Cc1ncsc1-c1ccc(C#N)c(N(CCCO[Si](C)(C)C(C)(C)C)C2CCCC2)c1. The number of benzene rings is 1. The van der Waals surface area contributed by atoms with Crippen molar-refractivity contribution in [2.45, 2.75) is 84.0 Å². The summed E-state index contributed by atoms with van der Waals surface area (Å²) in [5, 5.41) is 10.1. The Morgan fingerprint density at radius 1 is 1.26 bits per heavy atom. The maximum atomic E-state index is 9.85. The summed E-state index contributed by atoms with van der Waals surface area (Å²) in [4.78, 5) is 8.11. The molecule has 3 rings (SSSR count). The van der Waals surface area contributed by atoms with Crippen LogP contribution in [0.3, 0.4) is 0 Å². The Hall–Kier alpha value is -1.68. The highest BCUT2D eigenvalue weighted by atomic mass is 32.1. The van der Waals surface area contributed by atoms with Crippen molar-refractivity contribution >= 4 is 25.3 Å². The fourth-order valence-electron chi connectivity index (χ4n) is 4.08. The zero-order chi connectivity index (χ0) is 22.6. The van der Waals surface area contributed by atoms with Crippen LogP contribution in [0.1, 0.15) is 64.1 Å². The van der Waals surface area contributed by atoms with Crippen LogP contribution in [0, 0.1) is 18.3 Å². The summed E-state index contributed by atoms with van der Waals surface area (Å²) in [7, 11) is -1.73. The van der Waals surface area contributed by atoms with Crippen molar-refractivity contribution in [3.63, 3.8) is 0 Å². The molecule has 6 heteroatoms. The molecule has 1 aliphatic rings. The molecule has 1 heterocycles. The van der Waals surface area contributed by atoms with Gasteiger partial charge < -0.3 is 9.33 Å². The standard InChI is InChI=1S/C25H37N3OSSi/c1-19-24(30-18-27-19)20-12-13-21(17-26)23(16-20)28(22-10-7-8-11-22)14-9-15-29-31(5,6)25(2,3)4/h12-13,16,18,22H,7-11,14-15H2,1-6H3. The molecule has 1 aromatic carbocycles. The van der Waals surface area contributed by atoms with Crippen molar-refractivity contribution in [3.8, 4) is 16.5 Å². The number of anilines is 1. The Morgan fingerprint density at radius 2 is 1.97 bits per heavy atom. The number of rotatable bonds is 8. The van der Waals surface area contributed by atoms with Crippen LogP contribution in [-0.4, -0.2) is 32.5 Å². The first-order valence-electron chi connectivity index (χ1n) is 11.5. The first kappa shape index (κ1) is 24.0. The van der Waals surface area contributed by atoms with Gasteiger partial charge in [0.15, 0.2) is 8.32 Å². The third kappa shape index (κ3) is 5.57. The lowest BCUT2D eigenvalue weighted by molar-refractivity contribution is 0.282. The van der Waals surface area contributed by atoms with Gasteiger partial charge in [-0.3, -0.25) is 0 Å². The maximum absolute atomic E-state index is 9.85. The molecule has 0 radical (unpaired) electrons. The first-order chi connectivity index (χ1) is 14.6. The van der Waals surface area contributed by atoms with Crippen LogP contribution >= 0.6 is 11.3 Å². The van der Waals surface area contributed by atoms with Gasteiger partial charge in [-0.25, -0.2) is 4.98 Å². The summed E-state index contributed by atoms with van der Waals surface area (Å²) in [6, 6.07) is 9.22. The Morgan fingerprint density at radius 3 is 2.55 bits per heavy atom. The number of nitriles is 1. The first-order valence-corrected chi connectivity index (χ1v) is 15.3. The molecule has 0 bridgehead atoms. The normalized spacial score (nSPS) is 15.3. The van der Waals surface area contributed by atoms with Crippen LogP contribution in [-0.2, 0) is 4.43 Å². The minimum atomic E-state index is -1.73.